The zero-order valence-electron chi connectivity index (χ0n) is 17.7. The van der Waals surface area contributed by atoms with Crippen LogP contribution in [0.1, 0.15) is 30.4 Å². The van der Waals surface area contributed by atoms with Gasteiger partial charge in [0.2, 0.25) is 11.8 Å². The Balaban J connectivity index is 1.38. The van der Waals surface area contributed by atoms with Crippen LogP contribution in [0, 0.1) is 11.8 Å². The summed E-state index contributed by atoms with van der Waals surface area (Å²) in [6.45, 7) is 1.13. The van der Waals surface area contributed by atoms with Crippen molar-refractivity contribution in [3.05, 3.63) is 59.7 Å². The first kappa shape index (κ1) is 21.5. The Morgan fingerprint density at radius 3 is 1.58 bits per heavy atom. The van der Waals surface area contributed by atoms with E-state index in [2.05, 4.69) is 0 Å². The summed E-state index contributed by atoms with van der Waals surface area (Å²) in [4.78, 5) is 29.5. The number of amides is 2. The van der Waals surface area contributed by atoms with Crippen LogP contribution in [0.4, 0.5) is 11.4 Å². The molecule has 4 rings (SSSR count). The van der Waals surface area contributed by atoms with Crippen LogP contribution in [-0.4, -0.2) is 48.3 Å². The predicted molar refractivity (Wildman–Crippen MR) is 120 cm³/mol. The third-order valence-corrected chi connectivity index (χ3v) is 6.36. The minimum Gasteiger partial charge on any atom is -0.396 e. The van der Waals surface area contributed by atoms with E-state index >= 15 is 0 Å². The van der Waals surface area contributed by atoms with Crippen LogP contribution in [0.25, 0.3) is 0 Å². The molecule has 2 amide bonds. The monoisotopic (exact) mass is 422 g/mol. The normalized spacial score (nSPS) is 20.2. The van der Waals surface area contributed by atoms with Crippen LogP contribution in [0.5, 0.6) is 0 Å². The van der Waals surface area contributed by atoms with Gasteiger partial charge in [0.05, 0.1) is 0 Å². The third-order valence-electron chi connectivity index (χ3n) is 6.36. The molecule has 0 spiro atoms. The molecular weight excluding hydrogens is 392 g/mol. The maximum absolute atomic E-state index is 13.0. The molecule has 0 fully saturated rings. The second kappa shape index (κ2) is 9.62. The molecule has 2 N–H and O–H groups in total. The summed E-state index contributed by atoms with van der Waals surface area (Å²) in [5, 5.41) is 19.3. The Bertz CT molecular complexity index is 869. The summed E-state index contributed by atoms with van der Waals surface area (Å²) in [5.74, 6) is 0.0675. The molecule has 31 heavy (non-hydrogen) atoms. The fourth-order valence-electron chi connectivity index (χ4n) is 4.74. The molecule has 164 valence electrons. The van der Waals surface area contributed by atoms with E-state index in [1.54, 1.807) is 9.80 Å². The number of rotatable bonds is 6. The molecule has 6 heteroatoms. The van der Waals surface area contributed by atoms with Gasteiger partial charge in [-0.25, -0.2) is 0 Å². The van der Waals surface area contributed by atoms with Crippen molar-refractivity contribution in [1.29, 1.82) is 0 Å². The number of fused-ring (bicyclic) bond motifs is 2. The Morgan fingerprint density at radius 2 is 1.16 bits per heavy atom. The van der Waals surface area contributed by atoms with Crippen LogP contribution < -0.4 is 9.80 Å². The Hall–Kier alpha value is -2.70. The number of hydrogen-bond acceptors (Lipinski definition) is 4. The SMILES string of the molecule is O=C(CCCC(=O)N1CC(CO)Cc2ccccc21)N1CC(CO)Cc2ccccc21. The highest BCUT2D eigenvalue weighted by Gasteiger charge is 2.29. The predicted octanol–water partition coefficient (Wildman–Crippen LogP) is 2.55. The third kappa shape index (κ3) is 4.65. The average molecular weight is 423 g/mol. The average Bonchev–Trinajstić information content (AvgIpc) is 2.82. The number of aliphatic hydroxyl groups is 2. The van der Waals surface area contributed by atoms with Gasteiger partial charge in [0.1, 0.15) is 0 Å². The van der Waals surface area contributed by atoms with Crippen molar-refractivity contribution in [3.8, 4) is 0 Å². The van der Waals surface area contributed by atoms with E-state index in [1.165, 1.54) is 0 Å². The number of nitrogens with zero attached hydrogens (tertiary/aromatic N) is 2. The molecule has 0 aromatic heterocycles. The number of carbonyl (C=O) groups is 2. The molecule has 0 radical (unpaired) electrons. The van der Waals surface area contributed by atoms with E-state index in [1.807, 2.05) is 48.5 Å². The van der Waals surface area contributed by atoms with Gasteiger partial charge in [0.25, 0.3) is 0 Å². The van der Waals surface area contributed by atoms with Gasteiger partial charge in [-0.2, -0.15) is 0 Å². The van der Waals surface area contributed by atoms with Gasteiger partial charge in [-0.1, -0.05) is 36.4 Å². The molecule has 0 saturated carbocycles. The second-order valence-corrected chi connectivity index (χ2v) is 8.63. The highest BCUT2D eigenvalue weighted by atomic mass is 16.3. The summed E-state index contributed by atoms with van der Waals surface area (Å²) in [6.07, 6.45) is 2.60. The highest BCUT2D eigenvalue weighted by molar-refractivity contribution is 5.96. The largest absolute Gasteiger partial charge is 0.396 e. The van der Waals surface area contributed by atoms with Crippen molar-refractivity contribution in [2.24, 2.45) is 11.8 Å². The van der Waals surface area contributed by atoms with E-state index in [-0.39, 0.29) is 49.7 Å². The minimum atomic E-state index is -0.00863. The van der Waals surface area contributed by atoms with E-state index in [4.69, 9.17) is 0 Å². The van der Waals surface area contributed by atoms with Crippen molar-refractivity contribution in [3.63, 3.8) is 0 Å². The molecule has 0 bridgehead atoms. The van der Waals surface area contributed by atoms with Gasteiger partial charge in [-0.05, 0) is 42.5 Å². The van der Waals surface area contributed by atoms with Crippen LogP contribution in [0.15, 0.2) is 48.5 Å². The quantitative estimate of drug-likeness (QED) is 0.750. The van der Waals surface area contributed by atoms with Crippen LogP contribution in [0.2, 0.25) is 0 Å². The molecule has 0 aliphatic carbocycles. The van der Waals surface area contributed by atoms with Gasteiger partial charge >= 0.3 is 0 Å². The Labute approximate surface area is 183 Å². The van der Waals surface area contributed by atoms with E-state index in [0.717, 1.165) is 35.3 Å². The second-order valence-electron chi connectivity index (χ2n) is 8.63. The molecule has 2 heterocycles. The lowest BCUT2D eigenvalue weighted by molar-refractivity contribution is -0.120. The van der Waals surface area contributed by atoms with Gasteiger partial charge in [-0.3, -0.25) is 9.59 Å². The topological polar surface area (TPSA) is 81.1 Å². The summed E-state index contributed by atoms with van der Waals surface area (Å²) >= 11 is 0. The van der Waals surface area contributed by atoms with Crippen molar-refractivity contribution >= 4 is 23.2 Å². The number of benzene rings is 2. The molecule has 0 saturated heterocycles. The number of hydrogen-bond donors (Lipinski definition) is 2. The molecule has 2 aromatic carbocycles. The fourth-order valence-corrected chi connectivity index (χ4v) is 4.74. The molecule has 2 aliphatic rings. The lowest BCUT2D eigenvalue weighted by Gasteiger charge is -2.35. The fraction of sp³-hybridized carbons (Fsp3) is 0.440. The van der Waals surface area contributed by atoms with Crippen molar-refractivity contribution in [1.82, 2.24) is 0 Å². The van der Waals surface area contributed by atoms with Gasteiger partial charge in [-0.15, -0.1) is 0 Å². The zero-order valence-corrected chi connectivity index (χ0v) is 17.7. The van der Waals surface area contributed by atoms with Gasteiger partial charge in [0.15, 0.2) is 0 Å². The number of anilines is 2. The summed E-state index contributed by atoms with van der Waals surface area (Å²) in [6, 6.07) is 15.7. The summed E-state index contributed by atoms with van der Waals surface area (Å²) < 4.78 is 0. The highest BCUT2D eigenvalue weighted by Crippen LogP contribution is 2.32. The van der Waals surface area contributed by atoms with Crippen molar-refractivity contribution in [2.45, 2.75) is 32.1 Å². The Morgan fingerprint density at radius 1 is 0.742 bits per heavy atom. The van der Waals surface area contributed by atoms with E-state index in [0.29, 0.717) is 19.5 Å². The van der Waals surface area contributed by atoms with Gasteiger partial charge in [0, 0.05) is 62.4 Å². The summed E-state index contributed by atoms with van der Waals surface area (Å²) in [7, 11) is 0. The molecule has 2 unspecified atom stereocenters. The van der Waals surface area contributed by atoms with Crippen LogP contribution in [0.3, 0.4) is 0 Å². The van der Waals surface area contributed by atoms with Crippen LogP contribution >= 0.6 is 0 Å². The summed E-state index contributed by atoms with van der Waals surface area (Å²) in [5.41, 5.74) is 3.99. The Kier molecular flexibility index (Phi) is 6.68. The number of carbonyl (C=O) groups excluding carboxylic acids is 2. The smallest absolute Gasteiger partial charge is 0.227 e. The molecule has 6 nitrogen and oxygen atoms in total. The molecule has 2 atom stereocenters. The standard InChI is InChI=1S/C25H30N2O4/c28-16-18-12-20-6-1-3-8-22(20)26(14-18)24(30)10-5-11-25(31)27-15-19(17-29)13-21-7-2-4-9-23(21)27/h1-4,6-9,18-19,28-29H,5,10-17H2. The van der Waals surface area contributed by atoms with Crippen molar-refractivity contribution in [2.75, 3.05) is 36.1 Å². The lowest BCUT2D eigenvalue weighted by atomic mass is 9.92. The number of para-hydroxylation sites is 2. The maximum atomic E-state index is 13.0. The first-order valence-electron chi connectivity index (χ1n) is 11.1. The van der Waals surface area contributed by atoms with Crippen molar-refractivity contribution < 1.29 is 19.8 Å². The lowest BCUT2D eigenvalue weighted by Crippen LogP contribution is -2.42. The molecule has 2 aliphatic heterocycles. The zero-order chi connectivity index (χ0) is 21.8. The maximum Gasteiger partial charge on any atom is 0.227 e. The number of aliphatic hydroxyl groups excluding tert-OH is 2. The van der Waals surface area contributed by atoms with E-state index < -0.39 is 0 Å². The molecular formula is C25H30N2O4. The van der Waals surface area contributed by atoms with Crippen LogP contribution in [-0.2, 0) is 22.4 Å². The first-order valence-corrected chi connectivity index (χ1v) is 11.1. The van der Waals surface area contributed by atoms with Gasteiger partial charge < -0.3 is 20.0 Å². The first-order chi connectivity index (χ1) is 15.1. The minimum absolute atomic E-state index is 0.00863. The van der Waals surface area contributed by atoms with E-state index in [9.17, 15) is 19.8 Å². The molecule has 2 aromatic rings.